The van der Waals surface area contributed by atoms with E-state index in [9.17, 15) is 0 Å². The van der Waals surface area contributed by atoms with Crippen LogP contribution in [0.25, 0.3) is 0 Å². The molecule has 4 aliphatic carbocycles. The lowest BCUT2D eigenvalue weighted by atomic mass is 9.46. The Morgan fingerprint density at radius 3 is 2.00 bits per heavy atom. The number of nitrogens with zero attached hydrogens (tertiary/aromatic N) is 1. The van der Waals surface area contributed by atoms with Gasteiger partial charge in [-0.3, -0.25) is 0 Å². The van der Waals surface area contributed by atoms with Crippen molar-refractivity contribution in [2.75, 3.05) is 19.6 Å². The number of hydrogen-bond donors (Lipinski definition) is 1. The van der Waals surface area contributed by atoms with E-state index in [1.165, 1.54) is 64.6 Å². The molecule has 0 radical (unpaired) electrons. The van der Waals surface area contributed by atoms with Crippen LogP contribution in [0.4, 0.5) is 0 Å². The fourth-order valence-corrected chi connectivity index (χ4v) is 7.49. The van der Waals surface area contributed by atoms with Crippen molar-refractivity contribution in [2.45, 2.75) is 56.9 Å². The van der Waals surface area contributed by atoms with E-state index < -0.39 is 0 Å². The highest BCUT2D eigenvalue weighted by molar-refractivity contribution is 5.10. The Bertz CT molecular complexity index is 370. The normalized spacial score (nSPS) is 60.8. The minimum Gasteiger partial charge on any atom is -0.325 e. The second kappa shape index (κ2) is 4.23. The van der Waals surface area contributed by atoms with E-state index in [0.717, 1.165) is 35.5 Å². The van der Waals surface area contributed by atoms with Crippen molar-refractivity contribution in [2.24, 2.45) is 41.2 Å². The van der Waals surface area contributed by atoms with Crippen LogP contribution in [0, 0.1) is 35.5 Å². The summed E-state index contributed by atoms with van der Waals surface area (Å²) >= 11 is 0. The lowest BCUT2D eigenvalue weighted by Gasteiger charge is -2.60. The van der Waals surface area contributed by atoms with E-state index in [2.05, 4.69) is 4.90 Å². The zero-order valence-corrected chi connectivity index (χ0v) is 12.8. The summed E-state index contributed by atoms with van der Waals surface area (Å²) < 4.78 is 0. The van der Waals surface area contributed by atoms with Crippen LogP contribution >= 0.6 is 0 Å². The largest absolute Gasteiger partial charge is 0.325 e. The van der Waals surface area contributed by atoms with Crippen LogP contribution in [-0.2, 0) is 0 Å². The molecule has 2 N–H and O–H groups in total. The van der Waals surface area contributed by atoms with Gasteiger partial charge >= 0.3 is 0 Å². The third-order valence-corrected chi connectivity index (χ3v) is 8.06. The van der Waals surface area contributed by atoms with Crippen molar-refractivity contribution in [1.82, 2.24) is 4.90 Å². The molecule has 0 aromatic heterocycles. The van der Waals surface area contributed by atoms with Gasteiger partial charge in [-0.2, -0.15) is 0 Å². The first-order valence-electron chi connectivity index (χ1n) is 9.23. The summed E-state index contributed by atoms with van der Waals surface area (Å²) in [6, 6.07) is 0. The average Bonchev–Trinajstić information content (AvgIpc) is 2.68. The molecule has 2 nitrogen and oxygen atoms in total. The number of hydrogen-bond acceptors (Lipinski definition) is 2. The summed E-state index contributed by atoms with van der Waals surface area (Å²) in [5.41, 5.74) is 7.44. The second-order valence-electron chi connectivity index (χ2n) is 8.93. The van der Waals surface area contributed by atoms with E-state index in [1.54, 1.807) is 6.42 Å². The van der Waals surface area contributed by atoms with Crippen molar-refractivity contribution >= 4 is 0 Å². The molecule has 3 saturated heterocycles. The van der Waals surface area contributed by atoms with Crippen molar-refractivity contribution in [3.8, 4) is 0 Å². The van der Waals surface area contributed by atoms with Gasteiger partial charge in [0.05, 0.1) is 0 Å². The van der Waals surface area contributed by atoms with Crippen molar-refractivity contribution in [3.05, 3.63) is 0 Å². The quantitative estimate of drug-likeness (QED) is 0.796. The standard InChI is InChI=1S/C18H30N2/c19-18(3-6-20-4-1-16(18)2-5-20)17-14-8-12-7-13(10-14)11-15(17)9-12/h12-17H,1-11,19H2. The first-order valence-corrected chi connectivity index (χ1v) is 9.23. The van der Waals surface area contributed by atoms with Gasteiger partial charge in [0.2, 0.25) is 0 Å². The zero-order chi connectivity index (χ0) is 13.3. The Morgan fingerprint density at radius 1 is 0.800 bits per heavy atom. The first kappa shape index (κ1) is 12.5. The SMILES string of the molecule is NC1(C2C3CC4CC(C3)CC2C4)CCN2CCC1CC2. The van der Waals surface area contributed by atoms with E-state index >= 15 is 0 Å². The Morgan fingerprint density at radius 2 is 1.40 bits per heavy atom. The van der Waals surface area contributed by atoms with Gasteiger partial charge in [-0.25, -0.2) is 0 Å². The van der Waals surface area contributed by atoms with Crippen LogP contribution in [0.15, 0.2) is 0 Å². The van der Waals surface area contributed by atoms with Gasteiger partial charge < -0.3 is 10.6 Å². The van der Waals surface area contributed by atoms with Crippen molar-refractivity contribution < 1.29 is 0 Å². The Kier molecular flexibility index (Phi) is 2.63. The highest BCUT2D eigenvalue weighted by Gasteiger charge is 2.57. The molecule has 4 saturated carbocycles. The molecule has 1 unspecified atom stereocenters. The lowest BCUT2D eigenvalue weighted by Crippen LogP contribution is -2.62. The molecule has 0 spiro atoms. The molecule has 7 rings (SSSR count). The van der Waals surface area contributed by atoms with Gasteiger partial charge in [0.1, 0.15) is 0 Å². The molecule has 0 aromatic rings. The molecule has 2 heteroatoms. The summed E-state index contributed by atoms with van der Waals surface area (Å²) in [5, 5.41) is 0. The summed E-state index contributed by atoms with van der Waals surface area (Å²) in [4.78, 5) is 2.68. The molecule has 6 bridgehead atoms. The molecule has 3 heterocycles. The second-order valence-corrected chi connectivity index (χ2v) is 8.93. The molecular formula is C18H30N2. The minimum atomic E-state index is 0.202. The van der Waals surface area contributed by atoms with E-state index in [4.69, 9.17) is 5.73 Å². The van der Waals surface area contributed by atoms with E-state index in [0.29, 0.717) is 0 Å². The van der Waals surface area contributed by atoms with Gasteiger partial charge in [0.25, 0.3) is 0 Å². The van der Waals surface area contributed by atoms with Crippen LogP contribution < -0.4 is 5.73 Å². The van der Waals surface area contributed by atoms with E-state index in [-0.39, 0.29) is 5.54 Å². The fraction of sp³-hybridized carbons (Fsp3) is 1.00. The maximum Gasteiger partial charge on any atom is 0.0229 e. The predicted octanol–water partition coefficient (Wildman–Crippen LogP) is 2.87. The molecule has 0 amide bonds. The van der Waals surface area contributed by atoms with Crippen LogP contribution in [0.1, 0.15) is 51.4 Å². The molecule has 7 aliphatic rings. The van der Waals surface area contributed by atoms with Crippen LogP contribution in [0.2, 0.25) is 0 Å². The van der Waals surface area contributed by atoms with Gasteiger partial charge in [0.15, 0.2) is 0 Å². The highest BCUT2D eigenvalue weighted by atomic mass is 15.1. The maximum atomic E-state index is 7.24. The highest BCUT2D eigenvalue weighted by Crippen LogP contribution is 2.61. The zero-order valence-electron chi connectivity index (χ0n) is 12.8. The Labute approximate surface area is 123 Å². The van der Waals surface area contributed by atoms with E-state index in [1.807, 2.05) is 0 Å². The monoisotopic (exact) mass is 274 g/mol. The van der Waals surface area contributed by atoms with Gasteiger partial charge in [-0.05, 0) is 107 Å². The predicted molar refractivity (Wildman–Crippen MR) is 81.2 cm³/mol. The molecule has 20 heavy (non-hydrogen) atoms. The van der Waals surface area contributed by atoms with Crippen molar-refractivity contribution in [1.29, 1.82) is 0 Å². The minimum absolute atomic E-state index is 0.202. The number of piperidine rings is 1. The smallest absolute Gasteiger partial charge is 0.0229 e. The van der Waals surface area contributed by atoms with Gasteiger partial charge in [0, 0.05) is 5.54 Å². The van der Waals surface area contributed by atoms with Gasteiger partial charge in [-0.1, -0.05) is 0 Å². The molecule has 112 valence electrons. The van der Waals surface area contributed by atoms with Crippen LogP contribution in [0.3, 0.4) is 0 Å². The van der Waals surface area contributed by atoms with Crippen LogP contribution in [0.5, 0.6) is 0 Å². The van der Waals surface area contributed by atoms with Crippen LogP contribution in [-0.4, -0.2) is 30.1 Å². The number of nitrogens with two attached hydrogens (primary N) is 1. The molecular weight excluding hydrogens is 244 g/mol. The Balaban J connectivity index is 1.49. The topological polar surface area (TPSA) is 29.3 Å². The third kappa shape index (κ3) is 1.64. The lowest BCUT2D eigenvalue weighted by molar-refractivity contribution is -0.0842. The first-order chi connectivity index (χ1) is 9.72. The number of fused-ring (bicyclic) bond motifs is 5. The summed E-state index contributed by atoms with van der Waals surface area (Å²) in [5.74, 6) is 5.90. The molecule has 3 aliphatic heterocycles. The fourth-order valence-electron chi connectivity index (χ4n) is 7.49. The summed E-state index contributed by atoms with van der Waals surface area (Å²) in [6.45, 7) is 3.95. The molecule has 7 fully saturated rings. The third-order valence-electron chi connectivity index (χ3n) is 8.06. The van der Waals surface area contributed by atoms with Gasteiger partial charge in [-0.15, -0.1) is 0 Å². The average molecular weight is 274 g/mol. The molecule has 0 aromatic carbocycles. The number of rotatable bonds is 1. The summed E-state index contributed by atoms with van der Waals surface area (Å²) in [6.07, 6.45) is 11.8. The summed E-state index contributed by atoms with van der Waals surface area (Å²) in [7, 11) is 0. The molecule has 1 atom stereocenters. The maximum absolute atomic E-state index is 7.24. The van der Waals surface area contributed by atoms with Crippen molar-refractivity contribution in [3.63, 3.8) is 0 Å². The Hall–Kier alpha value is -0.0800.